The molecule has 0 fully saturated rings. The molecule has 0 aliphatic carbocycles. The van der Waals surface area contributed by atoms with Crippen molar-refractivity contribution in [1.82, 2.24) is 4.57 Å². The third kappa shape index (κ3) is 2.01. The summed E-state index contributed by atoms with van der Waals surface area (Å²) < 4.78 is 1.92. The van der Waals surface area contributed by atoms with Crippen LogP contribution < -0.4 is 5.32 Å². The first-order valence-corrected chi connectivity index (χ1v) is 5.65. The minimum Gasteiger partial charge on any atom is -0.368 e. The Morgan fingerprint density at radius 2 is 2.00 bits per heavy atom. The highest BCUT2D eigenvalue weighted by Gasteiger charge is 2.16. The van der Waals surface area contributed by atoms with E-state index in [1.54, 1.807) is 0 Å². The number of hydrogen-bond acceptors (Lipinski definition) is 3. The van der Waals surface area contributed by atoms with Gasteiger partial charge in [-0.15, -0.1) is 0 Å². The Bertz CT molecular complexity index is 680. The molecule has 2 rings (SSSR count). The van der Waals surface area contributed by atoms with Crippen LogP contribution in [-0.2, 0) is 7.05 Å². The molecule has 0 amide bonds. The van der Waals surface area contributed by atoms with Gasteiger partial charge in [0.2, 0.25) is 0 Å². The molecule has 0 radical (unpaired) electrons. The van der Waals surface area contributed by atoms with Crippen LogP contribution in [0.1, 0.15) is 19.4 Å². The molecule has 0 saturated carbocycles. The lowest BCUT2D eigenvalue weighted by molar-refractivity contribution is 0.729. The molecule has 1 heterocycles. The molecular formula is C14H14N4. The fourth-order valence-electron chi connectivity index (χ4n) is 1.95. The Kier molecular flexibility index (Phi) is 2.73. The van der Waals surface area contributed by atoms with E-state index in [0.29, 0.717) is 5.56 Å². The number of nitriles is 2. The Morgan fingerprint density at radius 3 is 2.61 bits per heavy atom. The molecule has 4 heteroatoms. The summed E-state index contributed by atoms with van der Waals surface area (Å²) in [6.07, 6.45) is 1.81. The van der Waals surface area contributed by atoms with E-state index in [1.165, 1.54) is 0 Å². The summed E-state index contributed by atoms with van der Waals surface area (Å²) in [4.78, 5) is 0. The third-order valence-electron chi connectivity index (χ3n) is 2.85. The zero-order chi connectivity index (χ0) is 13.3. The molecule has 0 atom stereocenters. The van der Waals surface area contributed by atoms with Gasteiger partial charge < -0.3 is 9.88 Å². The first-order chi connectivity index (χ1) is 8.46. The van der Waals surface area contributed by atoms with Crippen molar-refractivity contribution in [3.05, 3.63) is 30.0 Å². The van der Waals surface area contributed by atoms with Gasteiger partial charge in [-0.3, -0.25) is 0 Å². The zero-order valence-corrected chi connectivity index (χ0v) is 10.7. The van der Waals surface area contributed by atoms with Crippen molar-refractivity contribution in [2.75, 3.05) is 5.32 Å². The summed E-state index contributed by atoms with van der Waals surface area (Å²) in [5.74, 6) is 0. The van der Waals surface area contributed by atoms with Gasteiger partial charge in [0.1, 0.15) is 11.6 Å². The standard InChI is InChI=1S/C14H14N4/c1-14(2,9-16)17-11-4-5-13-12(6-11)10(7-15)8-18(13)3/h4-6,8,17H,1-3H3. The van der Waals surface area contributed by atoms with Gasteiger partial charge in [-0.1, -0.05) is 0 Å². The van der Waals surface area contributed by atoms with Crippen LogP contribution in [0.25, 0.3) is 10.9 Å². The van der Waals surface area contributed by atoms with Crippen LogP contribution in [0.4, 0.5) is 5.69 Å². The van der Waals surface area contributed by atoms with Crippen LogP contribution in [0.2, 0.25) is 0 Å². The molecule has 18 heavy (non-hydrogen) atoms. The molecule has 90 valence electrons. The van der Waals surface area contributed by atoms with Crippen molar-refractivity contribution in [3.63, 3.8) is 0 Å². The number of benzene rings is 1. The van der Waals surface area contributed by atoms with Gasteiger partial charge in [0.25, 0.3) is 0 Å². The molecule has 4 nitrogen and oxygen atoms in total. The highest BCUT2D eigenvalue weighted by Crippen LogP contribution is 2.25. The predicted octanol–water partition coefficient (Wildman–Crippen LogP) is 2.76. The maximum atomic E-state index is 9.08. The number of aryl methyl sites for hydroxylation is 1. The highest BCUT2D eigenvalue weighted by molar-refractivity contribution is 5.89. The van der Waals surface area contributed by atoms with Crippen molar-refractivity contribution in [3.8, 4) is 12.1 Å². The number of anilines is 1. The topological polar surface area (TPSA) is 64.5 Å². The van der Waals surface area contributed by atoms with Crippen LogP contribution in [0.3, 0.4) is 0 Å². The molecule has 1 aromatic heterocycles. The van der Waals surface area contributed by atoms with Crippen molar-refractivity contribution in [2.45, 2.75) is 19.4 Å². The molecule has 0 aliphatic heterocycles. The van der Waals surface area contributed by atoms with Crippen molar-refractivity contribution < 1.29 is 0 Å². The van der Waals surface area contributed by atoms with Gasteiger partial charge in [-0.2, -0.15) is 10.5 Å². The van der Waals surface area contributed by atoms with Crippen molar-refractivity contribution in [2.24, 2.45) is 7.05 Å². The SMILES string of the molecule is Cn1cc(C#N)c2cc(NC(C)(C)C#N)ccc21. The molecule has 0 saturated heterocycles. The van der Waals surface area contributed by atoms with Gasteiger partial charge >= 0.3 is 0 Å². The molecule has 1 aromatic carbocycles. The van der Waals surface area contributed by atoms with Crippen LogP contribution in [-0.4, -0.2) is 10.1 Å². The van der Waals surface area contributed by atoms with Gasteiger partial charge in [0.05, 0.1) is 11.6 Å². The van der Waals surface area contributed by atoms with Gasteiger partial charge in [-0.25, -0.2) is 0 Å². The number of hydrogen-bond donors (Lipinski definition) is 1. The highest BCUT2D eigenvalue weighted by atomic mass is 15.0. The zero-order valence-electron chi connectivity index (χ0n) is 10.7. The van der Waals surface area contributed by atoms with E-state index in [9.17, 15) is 0 Å². The average molecular weight is 238 g/mol. The number of aromatic nitrogens is 1. The summed E-state index contributed by atoms with van der Waals surface area (Å²) in [5, 5.41) is 22.1. The summed E-state index contributed by atoms with van der Waals surface area (Å²) in [6.45, 7) is 3.63. The molecule has 1 N–H and O–H groups in total. The second kappa shape index (κ2) is 4.09. The lowest BCUT2D eigenvalue weighted by Gasteiger charge is -2.19. The lowest BCUT2D eigenvalue weighted by atomic mass is 10.1. The third-order valence-corrected chi connectivity index (χ3v) is 2.85. The molecule has 0 spiro atoms. The number of nitrogens with zero attached hydrogens (tertiary/aromatic N) is 3. The van der Waals surface area contributed by atoms with Gasteiger partial charge in [0, 0.05) is 29.8 Å². The first kappa shape index (κ1) is 12.0. The Balaban J connectivity index is 2.52. The molecule has 2 aromatic rings. The van der Waals surface area contributed by atoms with Crippen LogP contribution >= 0.6 is 0 Å². The molecule has 0 bridgehead atoms. The second-order valence-electron chi connectivity index (χ2n) is 4.86. The van der Waals surface area contributed by atoms with E-state index < -0.39 is 5.54 Å². The lowest BCUT2D eigenvalue weighted by Crippen LogP contribution is -2.28. The number of rotatable bonds is 2. The average Bonchev–Trinajstić information content (AvgIpc) is 2.65. The smallest absolute Gasteiger partial charge is 0.119 e. The number of nitrogens with one attached hydrogen (secondary N) is 1. The summed E-state index contributed by atoms with van der Waals surface area (Å²) in [7, 11) is 1.91. The van der Waals surface area contributed by atoms with E-state index in [-0.39, 0.29) is 0 Å². The van der Waals surface area contributed by atoms with Crippen LogP contribution in [0.5, 0.6) is 0 Å². The van der Waals surface area contributed by atoms with E-state index in [0.717, 1.165) is 16.6 Å². The van der Waals surface area contributed by atoms with Gasteiger partial charge in [0.15, 0.2) is 0 Å². The van der Waals surface area contributed by atoms with Crippen LogP contribution in [0.15, 0.2) is 24.4 Å². The van der Waals surface area contributed by atoms with Crippen LogP contribution in [0, 0.1) is 22.7 Å². The predicted molar refractivity (Wildman–Crippen MR) is 70.9 cm³/mol. The second-order valence-corrected chi connectivity index (χ2v) is 4.86. The largest absolute Gasteiger partial charge is 0.368 e. The monoisotopic (exact) mass is 238 g/mol. The molecular weight excluding hydrogens is 224 g/mol. The Labute approximate surface area is 106 Å². The maximum Gasteiger partial charge on any atom is 0.119 e. The van der Waals surface area contributed by atoms with E-state index in [2.05, 4.69) is 17.5 Å². The minimum atomic E-state index is -0.630. The quantitative estimate of drug-likeness (QED) is 0.874. The Hall–Kier alpha value is -2.46. The maximum absolute atomic E-state index is 9.08. The fraction of sp³-hybridized carbons (Fsp3) is 0.286. The Morgan fingerprint density at radius 1 is 1.28 bits per heavy atom. The normalized spacial score (nSPS) is 10.9. The van der Waals surface area contributed by atoms with E-state index in [4.69, 9.17) is 10.5 Å². The summed E-state index contributed by atoms with van der Waals surface area (Å²) in [5.41, 5.74) is 1.87. The minimum absolute atomic E-state index is 0.630. The summed E-state index contributed by atoms with van der Waals surface area (Å²) in [6, 6.07) is 10.2. The van der Waals surface area contributed by atoms with Crippen molar-refractivity contribution >= 4 is 16.6 Å². The number of fused-ring (bicyclic) bond motifs is 1. The molecule has 0 unspecified atom stereocenters. The fourth-order valence-corrected chi connectivity index (χ4v) is 1.95. The molecule has 0 aliphatic rings. The summed E-state index contributed by atoms with van der Waals surface area (Å²) >= 11 is 0. The van der Waals surface area contributed by atoms with E-state index in [1.807, 2.05) is 49.9 Å². The van der Waals surface area contributed by atoms with Crippen molar-refractivity contribution in [1.29, 1.82) is 10.5 Å². The van der Waals surface area contributed by atoms with E-state index >= 15 is 0 Å². The first-order valence-electron chi connectivity index (χ1n) is 5.65. The van der Waals surface area contributed by atoms with Gasteiger partial charge in [-0.05, 0) is 32.0 Å².